The standard InChI is InChI=1S/C25H31FN4O3/c1-6-28-22(13-31)27-30(24(28)33)21-12-20-17(11-19(21)26)23(32)25(5,14-29(20)15(2)3)18-10-8-7-9-16(18)4/h7-12,15,22,27,31H,6,13-14H2,1-5H3. The van der Waals surface area contributed by atoms with Gasteiger partial charge in [0.2, 0.25) is 0 Å². The van der Waals surface area contributed by atoms with Crippen LogP contribution in [0.25, 0.3) is 0 Å². The minimum absolute atomic E-state index is 0.0334. The van der Waals surface area contributed by atoms with E-state index in [1.165, 1.54) is 11.0 Å². The van der Waals surface area contributed by atoms with Gasteiger partial charge in [-0.1, -0.05) is 24.3 Å². The predicted octanol–water partition coefficient (Wildman–Crippen LogP) is 3.59. The fourth-order valence-corrected chi connectivity index (χ4v) is 5.00. The van der Waals surface area contributed by atoms with Crippen molar-refractivity contribution in [3.63, 3.8) is 0 Å². The van der Waals surface area contributed by atoms with E-state index in [0.717, 1.165) is 16.1 Å². The van der Waals surface area contributed by atoms with Gasteiger partial charge < -0.3 is 14.9 Å². The quantitative estimate of drug-likeness (QED) is 0.722. The van der Waals surface area contributed by atoms with Crippen LogP contribution in [-0.4, -0.2) is 53.7 Å². The Morgan fingerprint density at radius 3 is 2.48 bits per heavy atom. The maximum absolute atomic E-state index is 15.4. The largest absolute Gasteiger partial charge is 0.393 e. The molecule has 0 spiro atoms. The second-order valence-corrected chi connectivity index (χ2v) is 9.25. The van der Waals surface area contributed by atoms with E-state index in [4.69, 9.17) is 0 Å². The lowest BCUT2D eigenvalue weighted by atomic mass is 9.71. The Morgan fingerprint density at radius 1 is 1.21 bits per heavy atom. The number of halogens is 1. The van der Waals surface area contributed by atoms with Crippen molar-refractivity contribution in [1.82, 2.24) is 10.3 Å². The van der Waals surface area contributed by atoms with Gasteiger partial charge in [0.1, 0.15) is 17.7 Å². The molecule has 2 aliphatic heterocycles. The molecule has 0 saturated carbocycles. The van der Waals surface area contributed by atoms with Gasteiger partial charge in [-0.25, -0.2) is 19.6 Å². The number of nitrogens with zero attached hydrogens (tertiary/aromatic N) is 3. The normalized spacial score (nSPS) is 23.0. The third-order valence-electron chi connectivity index (χ3n) is 6.82. The first-order chi connectivity index (χ1) is 15.6. The van der Waals surface area contributed by atoms with Gasteiger partial charge in [0.15, 0.2) is 5.78 Å². The minimum Gasteiger partial charge on any atom is -0.393 e. The second-order valence-electron chi connectivity index (χ2n) is 9.25. The number of hydrazine groups is 1. The number of rotatable bonds is 5. The van der Waals surface area contributed by atoms with Gasteiger partial charge in [-0.3, -0.25) is 4.79 Å². The fraction of sp³-hybridized carbons (Fsp3) is 0.440. The molecule has 0 radical (unpaired) electrons. The number of amides is 2. The van der Waals surface area contributed by atoms with Crippen LogP contribution in [0.15, 0.2) is 36.4 Å². The zero-order valence-corrected chi connectivity index (χ0v) is 19.7. The SMILES string of the molecule is CCN1C(=O)N(c2cc3c(cc2F)C(=O)C(C)(c2ccccc2C)CN3C(C)C)NC1CO. The summed E-state index contributed by atoms with van der Waals surface area (Å²) >= 11 is 0. The Balaban J connectivity index is 1.83. The number of benzene rings is 2. The number of aryl methyl sites for hydroxylation is 1. The summed E-state index contributed by atoms with van der Waals surface area (Å²) in [7, 11) is 0. The first kappa shape index (κ1) is 23.2. The Labute approximate surface area is 193 Å². The Bertz CT molecular complexity index is 1110. The van der Waals surface area contributed by atoms with E-state index >= 15 is 4.39 Å². The van der Waals surface area contributed by atoms with Crippen molar-refractivity contribution in [3.05, 3.63) is 58.9 Å². The summed E-state index contributed by atoms with van der Waals surface area (Å²) in [5, 5.41) is 10.7. The summed E-state index contributed by atoms with van der Waals surface area (Å²) in [5.74, 6) is -0.811. The van der Waals surface area contributed by atoms with E-state index in [9.17, 15) is 14.7 Å². The monoisotopic (exact) mass is 454 g/mol. The van der Waals surface area contributed by atoms with Crippen LogP contribution in [0.4, 0.5) is 20.6 Å². The van der Waals surface area contributed by atoms with Crippen molar-refractivity contribution < 1.29 is 19.1 Å². The number of hydrogen-bond acceptors (Lipinski definition) is 5. The van der Waals surface area contributed by atoms with Crippen molar-refractivity contribution in [3.8, 4) is 0 Å². The van der Waals surface area contributed by atoms with Crippen LogP contribution >= 0.6 is 0 Å². The molecule has 2 aromatic rings. The summed E-state index contributed by atoms with van der Waals surface area (Å²) in [6.45, 7) is 10.3. The third kappa shape index (κ3) is 3.57. The molecule has 2 aromatic carbocycles. The zero-order valence-electron chi connectivity index (χ0n) is 19.7. The maximum atomic E-state index is 15.4. The van der Waals surface area contributed by atoms with Crippen LogP contribution < -0.4 is 15.3 Å². The van der Waals surface area contributed by atoms with Crippen molar-refractivity contribution in [2.24, 2.45) is 0 Å². The van der Waals surface area contributed by atoms with Crippen LogP contribution in [0.2, 0.25) is 0 Å². The Hall–Kier alpha value is -2.97. The van der Waals surface area contributed by atoms with Crippen molar-refractivity contribution in [2.75, 3.05) is 29.6 Å². The number of fused-ring (bicyclic) bond motifs is 1. The highest BCUT2D eigenvalue weighted by molar-refractivity contribution is 6.11. The molecule has 8 heteroatoms. The van der Waals surface area contributed by atoms with Gasteiger partial charge in [-0.2, -0.15) is 0 Å². The number of likely N-dealkylation sites (N-methyl/N-ethyl adjacent to an activating group) is 1. The molecule has 2 heterocycles. The third-order valence-corrected chi connectivity index (χ3v) is 6.82. The molecular weight excluding hydrogens is 423 g/mol. The number of ketones is 1. The highest BCUT2D eigenvalue weighted by Gasteiger charge is 2.46. The van der Waals surface area contributed by atoms with Gasteiger partial charge in [-0.05, 0) is 57.9 Å². The molecule has 0 aromatic heterocycles. The van der Waals surface area contributed by atoms with Gasteiger partial charge in [0, 0.05) is 24.7 Å². The zero-order chi connectivity index (χ0) is 24.1. The average molecular weight is 455 g/mol. The number of hydrogen-bond donors (Lipinski definition) is 2. The van der Waals surface area contributed by atoms with Crippen LogP contribution in [0.1, 0.15) is 49.2 Å². The first-order valence-corrected chi connectivity index (χ1v) is 11.3. The molecule has 4 rings (SSSR count). The molecule has 0 aliphatic carbocycles. The summed E-state index contributed by atoms with van der Waals surface area (Å²) < 4.78 is 15.4. The van der Waals surface area contributed by atoms with Crippen LogP contribution in [0.5, 0.6) is 0 Å². The van der Waals surface area contributed by atoms with E-state index in [-0.39, 0.29) is 24.1 Å². The van der Waals surface area contributed by atoms with E-state index in [2.05, 4.69) is 10.3 Å². The lowest BCUT2D eigenvalue weighted by molar-refractivity contribution is 0.0889. The molecular formula is C25H31FN4O3. The van der Waals surface area contributed by atoms with E-state index in [1.54, 1.807) is 13.0 Å². The minimum atomic E-state index is -0.834. The Kier molecular flexibility index (Phi) is 5.92. The second kappa shape index (κ2) is 8.43. The van der Waals surface area contributed by atoms with Crippen LogP contribution in [-0.2, 0) is 5.41 Å². The number of aliphatic hydroxyl groups is 1. The summed E-state index contributed by atoms with van der Waals surface area (Å²) in [5.41, 5.74) is 4.92. The molecule has 2 aliphatic rings. The number of urea groups is 1. The van der Waals surface area contributed by atoms with E-state index < -0.39 is 23.4 Å². The topological polar surface area (TPSA) is 76.1 Å². The molecule has 0 bridgehead atoms. The molecule has 1 fully saturated rings. The smallest absolute Gasteiger partial charge is 0.340 e. The number of anilines is 2. The fourth-order valence-electron chi connectivity index (χ4n) is 5.00. The molecule has 2 amide bonds. The number of carbonyl (C=O) groups is 2. The van der Waals surface area contributed by atoms with Crippen molar-refractivity contribution >= 4 is 23.2 Å². The summed E-state index contributed by atoms with van der Waals surface area (Å²) in [4.78, 5) is 30.2. The van der Waals surface area contributed by atoms with E-state index in [0.29, 0.717) is 24.3 Å². The van der Waals surface area contributed by atoms with Crippen LogP contribution in [0, 0.1) is 12.7 Å². The predicted molar refractivity (Wildman–Crippen MR) is 126 cm³/mol. The molecule has 2 unspecified atom stereocenters. The van der Waals surface area contributed by atoms with Crippen molar-refractivity contribution in [1.29, 1.82) is 0 Å². The first-order valence-electron chi connectivity index (χ1n) is 11.3. The highest BCUT2D eigenvalue weighted by atomic mass is 19.1. The van der Waals surface area contributed by atoms with Crippen molar-refractivity contribution in [2.45, 2.75) is 52.2 Å². The molecule has 1 saturated heterocycles. The van der Waals surface area contributed by atoms with E-state index in [1.807, 2.05) is 52.0 Å². The van der Waals surface area contributed by atoms with Gasteiger partial charge in [0.25, 0.3) is 0 Å². The average Bonchev–Trinajstić information content (AvgIpc) is 3.11. The highest BCUT2D eigenvalue weighted by Crippen LogP contribution is 2.43. The summed E-state index contributed by atoms with van der Waals surface area (Å²) in [6, 6.07) is 10.2. The number of aliphatic hydroxyl groups excluding tert-OH is 1. The van der Waals surface area contributed by atoms with Gasteiger partial charge in [0.05, 0.1) is 17.7 Å². The number of Topliss-reactive ketones (excluding diaryl/α,β-unsaturated/α-hetero) is 1. The van der Waals surface area contributed by atoms with Gasteiger partial charge in [-0.15, -0.1) is 0 Å². The number of carbonyl (C=O) groups excluding carboxylic acids is 2. The summed E-state index contributed by atoms with van der Waals surface area (Å²) in [6.07, 6.45) is -0.634. The molecule has 176 valence electrons. The number of nitrogens with one attached hydrogen (secondary N) is 1. The molecule has 2 N–H and O–H groups in total. The van der Waals surface area contributed by atoms with Gasteiger partial charge >= 0.3 is 6.03 Å². The molecule has 7 nitrogen and oxygen atoms in total. The maximum Gasteiger partial charge on any atom is 0.340 e. The lowest BCUT2D eigenvalue weighted by Crippen LogP contribution is -2.52. The lowest BCUT2D eigenvalue weighted by Gasteiger charge is -2.44. The molecule has 33 heavy (non-hydrogen) atoms. The Morgan fingerprint density at radius 2 is 1.91 bits per heavy atom. The van der Waals surface area contributed by atoms with Crippen LogP contribution in [0.3, 0.4) is 0 Å². The molecule has 2 atom stereocenters.